The summed E-state index contributed by atoms with van der Waals surface area (Å²) in [7, 11) is 0. The second kappa shape index (κ2) is 5.39. The van der Waals surface area contributed by atoms with Crippen LogP contribution in [0.25, 0.3) is 0 Å². The molecule has 112 valence electrons. The number of benzene rings is 1. The Balaban J connectivity index is 1.79. The van der Waals surface area contributed by atoms with Gasteiger partial charge in [0.1, 0.15) is 6.04 Å². The van der Waals surface area contributed by atoms with Crippen LogP contribution in [0.1, 0.15) is 25.3 Å². The summed E-state index contributed by atoms with van der Waals surface area (Å²) in [5, 5.41) is 11.9. The maximum Gasteiger partial charge on any atom is 0.326 e. The Labute approximate surface area is 123 Å². The predicted octanol–water partition coefficient (Wildman–Crippen LogP) is 2.26. The largest absolute Gasteiger partial charge is 0.480 e. The van der Waals surface area contributed by atoms with Gasteiger partial charge in [-0.15, -0.1) is 0 Å². The summed E-state index contributed by atoms with van der Waals surface area (Å²) in [5.74, 6) is -0.483. The molecule has 3 rings (SSSR count). The number of amides is 2. The van der Waals surface area contributed by atoms with E-state index in [-0.39, 0.29) is 11.9 Å². The first kappa shape index (κ1) is 13.9. The SMILES string of the molecule is CC1Cc2ccccc2N(C(=O)NC(C(=O)O)C2CC2)C1. The standard InChI is InChI=1S/C16H20N2O3/c1-10-8-12-4-2-3-5-13(12)18(9-10)16(21)17-14(15(19)20)11-6-7-11/h2-5,10-11,14H,6-9H2,1H3,(H,17,21)(H,19,20). The molecule has 2 atom stereocenters. The van der Waals surface area contributed by atoms with Crippen molar-refractivity contribution in [3.63, 3.8) is 0 Å². The maximum absolute atomic E-state index is 12.5. The lowest BCUT2D eigenvalue weighted by atomic mass is 9.94. The van der Waals surface area contributed by atoms with Crippen LogP contribution in [0.4, 0.5) is 10.5 Å². The van der Waals surface area contributed by atoms with Crippen molar-refractivity contribution in [2.45, 2.75) is 32.2 Å². The van der Waals surface area contributed by atoms with Crippen LogP contribution in [0.5, 0.6) is 0 Å². The van der Waals surface area contributed by atoms with Gasteiger partial charge < -0.3 is 10.4 Å². The Hall–Kier alpha value is -2.04. The average molecular weight is 288 g/mol. The fourth-order valence-electron chi connectivity index (χ4n) is 3.01. The van der Waals surface area contributed by atoms with E-state index in [1.165, 1.54) is 0 Å². The van der Waals surface area contributed by atoms with Crippen molar-refractivity contribution in [2.24, 2.45) is 11.8 Å². The van der Waals surface area contributed by atoms with Gasteiger partial charge in [0.2, 0.25) is 0 Å². The van der Waals surface area contributed by atoms with Crippen molar-refractivity contribution in [3.05, 3.63) is 29.8 Å². The van der Waals surface area contributed by atoms with E-state index in [0.717, 1.165) is 30.5 Å². The Morgan fingerprint density at radius 1 is 1.33 bits per heavy atom. The van der Waals surface area contributed by atoms with Crippen LogP contribution in [-0.2, 0) is 11.2 Å². The third-order valence-corrected chi connectivity index (χ3v) is 4.23. The van der Waals surface area contributed by atoms with Crippen LogP contribution in [-0.4, -0.2) is 29.7 Å². The number of para-hydroxylation sites is 1. The molecule has 0 spiro atoms. The molecule has 1 aromatic rings. The number of hydrogen-bond donors (Lipinski definition) is 2. The molecule has 21 heavy (non-hydrogen) atoms. The van der Waals surface area contributed by atoms with E-state index in [9.17, 15) is 14.7 Å². The molecular weight excluding hydrogens is 268 g/mol. The van der Waals surface area contributed by atoms with E-state index in [1.54, 1.807) is 4.90 Å². The smallest absolute Gasteiger partial charge is 0.326 e. The van der Waals surface area contributed by atoms with Crippen molar-refractivity contribution in [2.75, 3.05) is 11.4 Å². The fraction of sp³-hybridized carbons (Fsp3) is 0.500. The molecule has 5 heteroatoms. The summed E-state index contributed by atoms with van der Waals surface area (Å²) in [6.45, 7) is 2.73. The minimum atomic E-state index is -0.941. The number of carboxylic acid groups (broad SMARTS) is 1. The lowest BCUT2D eigenvalue weighted by Crippen LogP contribution is -2.51. The number of anilines is 1. The van der Waals surface area contributed by atoms with Crippen LogP contribution in [0, 0.1) is 11.8 Å². The van der Waals surface area contributed by atoms with Gasteiger partial charge in [-0.3, -0.25) is 4.90 Å². The molecule has 0 radical (unpaired) electrons. The molecule has 2 aliphatic rings. The van der Waals surface area contributed by atoms with Gasteiger partial charge in [-0.05, 0) is 42.7 Å². The number of fused-ring (bicyclic) bond motifs is 1. The Bertz CT molecular complexity index is 568. The minimum absolute atomic E-state index is 0.0870. The van der Waals surface area contributed by atoms with E-state index in [4.69, 9.17) is 0 Å². The number of aliphatic carboxylic acids is 1. The number of hydrogen-bond acceptors (Lipinski definition) is 2. The summed E-state index contributed by atoms with van der Waals surface area (Å²) >= 11 is 0. The second-order valence-corrected chi connectivity index (χ2v) is 6.15. The van der Waals surface area contributed by atoms with Crippen LogP contribution in [0.2, 0.25) is 0 Å². The Morgan fingerprint density at radius 3 is 2.71 bits per heavy atom. The molecule has 1 aliphatic carbocycles. The van der Waals surface area contributed by atoms with Gasteiger partial charge in [0, 0.05) is 12.2 Å². The molecule has 1 aliphatic heterocycles. The predicted molar refractivity (Wildman–Crippen MR) is 79.3 cm³/mol. The molecule has 1 fully saturated rings. The van der Waals surface area contributed by atoms with Crippen LogP contribution >= 0.6 is 0 Å². The highest BCUT2D eigenvalue weighted by Gasteiger charge is 2.38. The summed E-state index contributed by atoms with van der Waals surface area (Å²) in [5.41, 5.74) is 2.04. The molecule has 2 unspecified atom stereocenters. The number of nitrogens with zero attached hydrogens (tertiary/aromatic N) is 1. The van der Waals surface area contributed by atoms with Gasteiger partial charge in [-0.2, -0.15) is 0 Å². The van der Waals surface area contributed by atoms with E-state index in [2.05, 4.69) is 12.2 Å². The zero-order valence-electron chi connectivity index (χ0n) is 12.1. The number of carbonyl (C=O) groups excluding carboxylic acids is 1. The van der Waals surface area contributed by atoms with Crippen molar-refractivity contribution in [3.8, 4) is 0 Å². The second-order valence-electron chi connectivity index (χ2n) is 6.15. The van der Waals surface area contributed by atoms with Gasteiger partial charge in [-0.25, -0.2) is 9.59 Å². The number of carbonyl (C=O) groups is 2. The summed E-state index contributed by atoms with van der Waals surface area (Å²) < 4.78 is 0. The Morgan fingerprint density at radius 2 is 2.05 bits per heavy atom. The summed E-state index contributed by atoms with van der Waals surface area (Å²) in [4.78, 5) is 25.5. The molecule has 1 saturated carbocycles. The topological polar surface area (TPSA) is 69.6 Å². The van der Waals surface area contributed by atoms with E-state index < -0.39 is 12.0 Å². The third kappa shape index (κ3) is 2.86. The summed E-state index contributed by atoms with van der Waals surface area (Å²) in [6, 6.07) is 6.77. The maximum atomic E-state index is 12.5. The molecule has 1 aromatic carbocycles. The van der Waals surface area contributed by atoms with Gasteiger partial charge >= 0.3 is 12.0 Å². The highest BCUT2D eigenvalue weighted by Crippen LogP contribution is 2.34. The monoisotopic (exact) mass is 288 g/mol. The van der Waals surface area contributed by atoms with Gasteiger partial charge in [0.25, 0.3) is 0 Å². The zero-order chi connectivity index (χ0) is 15.0. The van der Waals surface area contributed by atoms with E-state index in [1.807, 2.05) is 24.3 Å². The first-order valence-electron chi connectivity index (χ1n) is 7.45. The van der Waals surface area contributed by atoms with Crippen molar-refractivity contribution >= 4 is 17.7 Å². The molecule has 5 nitrogen and oxygen atoms in total. The summed E-state index contributed by atoms with van der Waals surface area (Å²) in [6.07, 6.45) is 2.71. The minimum Gasteiger partial charge on any atom is -0.480 e. The first-order chi connectivity index (χ1) is 10.1. The van der Waals surface area contributed by atoms with Crippen molar-refractivity contribution in [1.82, 2.24) is 5.32 Å². The van der Waals surface area contributed by atoms with E-state index in [0.29, 0.717) is 12.5 Å². The molecule has 0 aromatic heterocycles. The normalized spacial score (nSPS) is 22.3. The number of urea groups is 1. The third-order valence-electron chi connectivity index (χ3n) is 4.23. The van der Waals surface area contributed by atoms with Crippen molar-refractivity contribution < 1.29 is 14.7 Å². The van der Waals surface area contributed by atoms with Crippen molar-refractivity contribution in [1.29, 1.82) is 0 Å². The van der Waals surface area contributed by atoms with Crippen LogP contribution < -0.4 is 10.2 Å². The zero-order valence-corrected chi connectivity index (χ0v) is 12.1. The number of nitrogens with one attached hydrogen (secondary N) is 1. The first-order valence-corrected chi connectivity index (χ1v) is 7.45. The van der Waals surface area contributed by atoms with Gasteiger partial charge in [-0.1, -0.05) is 25.1 Å². The van der Waals surface area contributed by atoms with Crippen LogP contribution in [0.15, 0.2) is 24.3 Å². The lowest BCUT2D eigenvalue weighted by Gasteiger charge is -2.33. The van der Waals surface area contributed by atoms with Crippen LogP contribution in [0.3, 0.4) is 0 Å². The molecule has 0 saturated heterocycles. The van der Waals surface area contributed by atoms with Gasteiger partial charge in [0.05, 0.1) is 0 Å². The molecule has 2 N–H and O–H groups in total. The number of carboxylic acids is 1. The highest BCUT2D eigenvalue weighted by atomic mass is 16.4. The Kier molecular flexibility index (Phi) is 3.57. The molecule has 1 heterocycles. The average Bonchev–Trinajstić information content (AvgIpc) is 3.27. The van der Waals surface area contributed by atoms with Gasteiger partial charge in [0.15, 0.2) is 0 Å². The highest BCUT2D eigenvalue weighted by molar-refractivity contribution is 5.95. The molecule has 0 bridgehead atoms. The van der Waals surface area contributed by atoms with E-state index >= 15 is 0 Å². The molecular formula is C16H20N2O3. The quantitative estimate of drug-likeness (QED) is 0.896. The number of rotatable bonds is 3. The lowest BCUT2D eigenvalue weighted by molar-refractivity contribution is -0.139. The molecule has 2 amide bonds. The fourth-order valence-corrected chi connectivity index (χ4v) is 3.01.